The van der Waals surface area contributed by atoms with Gasteiger partial charge in [0, 0.05) is 16.5 Å². The molecule has 0 spiro atoms. The zero-order valence-corrected chi connectivity index (χ0v) is 26.7. The van der Waals surface area contributed by atoms with E-state index in [0.717, 1.165) is 11.1 Å². The normalized spacial score (nSPS) is 14.3. The van der Waals surface area contributed by atoms with Crippen LogP contribution in [0.1, 0.15) is 93.5 Å². The van der Waals surface area contributed by atoms with Crippen LogP contribution in [0.3, 0.4) is 0 Å². The Balaban J connectivity index is 0.000000302. The molecule has 0 saturated carbocycles. The number of esters is 4. The van der Waals surface area contributed by atoms with Crippen molar-refractivity contribution in [3.8, 4) is 23.0 Å². The van der Waals surface area contributed by atoms with Crippen LogP contribution in [0.25, 0.3) is 0 Å². The van der Waals surface area contributed by atoms with Gasteiger partial charge < -0.3 is 18.9 Å². The second-order valence-electron chi connectivity index (χ2n) is 12.2. The van der Waals surface area contributed by atoms with Crippen molar-refractivity contribution in [1.29, 1.82) is 0 Å². The lowest BCUT2D eigenvalue weighted by Gasteiger charge is -2.26. The van der Waals surface area contributed by atoms with Gasteiger partial charge in [-0.3, -0.25) is 9.59 Å². The summed E-state index contributed by atoms with van der Waals surface area (Å²) in [5, 5.41) is 0. The van der Waals surface area contributed by atoms with Crippen molar-refractivity contribution in [3.63, 3.8) is 0 Å². The van der Waals surface area contributed by atoms with E-state index in [-0.39, 0.29) is 45.7 Å². The molecule has 0 N–H and O–H groups in total. The number of carbonyl (C=O) groups excluding carboxylic acids is 6. The highest BCUT2D eigenvalue weighted by atomic mass is 16.6. The number of ketones is 2. The van der Waals surface area contributed by atoms with E-state index in [1.54, 1.807) is 36.4 Å². The molecule has 0 amide bonds. The Hall–Kier alpha value is -6.68. The summed E-state index contributed by atoms with van der Waals surface area (Å²) in [6.45, 7) is 4.20. The predicted octanol–water partition coefficient (Wildman–Crippen LogP) is 7.67. The van der Waals surface area contributed by atoms with Gasteiger partial charge in [0.05, 0.1) is 28.7 Å². The molecular weight excluding hydrogens is 640 g/mol. The van der Waals surface area contributed by atoms with E-state index in [4.69, 9.17) is 9.47 Å². The number of Topliss-reactive ketones (excluding diaryl/α,β-unsaturated/α-hetero) is 2. The molecule has 0 saturated heterocycles. The molecule has 0 aromatic heterocycles. The molecule has 0 fully saturated rings. The quantitative estimate of drug-likeness (QED) is 0.131. The van der Waals surface area contributed by atoms with E-state index in [9.17, 15) is 28.8 Å². The number of benzene rings is 5. The van der Waals surface area contributed by atoms with Crippen LogP contribution in [-0.2, 0) is 14.9 Å². The van der Waals surface area contributed by atoms with Crippen LogP contribution in [0, 0.1) is 0 Å². The van der Waals surface area contributed by atoms with Gasteiger partial charge in [-0.25, -0.2) is 19.2 Å². The molecule has 0 radical (unpaired) electrons. The van der Waals surface area contributed by atoms with E-state index in [1.165, 1.54) is 24.3 Å². The Morgan fingerprint density at radius 1 is 0.440 bits per heavy atom. The van der Waals surface area contributed by atoms with Gasteiger partial charge in [-0.15, -0.1) is 0 Å². The van der Waals surface area contributed by atoms with Gasteiger partial charge in [-0.2, -0.15) is 0 Å². The Labute approximate surface area is 285 Å². The van der Waals surface area contributed by atoms with Gasteiger partial charge in [0.2, 0.25) is 0 Å². The molecule has 1 aliphatic carbocycles. The standard InChI is InChI=1S/C31H20O8.C9H6O2/c1-31(2,17-3-7-19(8-4-17)36-21-11-13-23-25(15-21)29(34)38-27(23)32)18-5-9-20(10-6-18)37-22-12-14-24-26(16-22)30(35)39-28(24)33;10-8-5-9(11)7-4-2-1-3-6(7)8/h3-16H,1-2H3;1-4H,5H2. The largest absolute Gasteiger partial charge is 0.457 e. The molecule has 10 nitrogen and oxygen atoms in total. The maximum absolute atomic E-state index is 11.8. The Morgan fingerprint density at radius 3 is 1.20 bits per heavy atom. The highest BCUT2D eigenvalue weighted by molar-refractivity contribution is 6.24. The molecule has 2 heterocycles. The van der Waals surface area contributed by atoms with Gasteiger partial charge in [-0.05, 0) is 71.8 Å². The van der Waals surface area contributed by atoms with Crippen LogP contribution in [0.5, 0.6) is 23.0 Å². The van der Waals surface area contributed by atoms with E-state index < -0.39 is 23.9 Å². The van der Waals surface area contributed by atoms with Crippen LogP contribution in [-0.4, -0.2) is 35.4 Å². The molecule has 2 aliphatic heterocycles. The highest BCUT2D eigenvalue weighted by Gasteiger charge is 2.31. The number of rotatable bonds is 6. The van der Waals surface area contributed by atoms with Crippen LogP contribution in [0.15, 0.2) is 109 Å². The first kappa shape index (κ1) is 31.9. The first-order valence-corrected chi connectivity index (χ1v) is 15.5. The third-order valence-corrected chi connectivity index (χ3v) is 8.70. The highest BCUT2D eigenvalue weighted by Crippen LogP contribution is 2.36. The maximum Gasteiger partial charge on any atom is 0.347 e. The molecule has 0 unspecified atom stereocenters. The minimum atomic E-state index is -0.678. The van der Waals surface area contributed by atoms with Gasteiger partial charge in [-0.1, -0.05) is 62.4 Å². The number of carbonyl (C=O) groups is 6. The number of fused-ring (bicyclic) bond motifs is 3. The number of cyclic esters (lactones) is 4. The van der Waals surface area contributed by atoms with E-state index in [1.807, 2.05) is 48.5 Å². The second kappa shape index (κ2) is 12.4. The number of ether oxygens (including phenoxy) is 4. The molecule has 8 rings (SSSR count). The van der Waals surface area contributed by atoms with Gasteiger partial charge in [0.15, 0.2) is 11.6 Å². The minimum absolute atomic E-state index is 0.0504. The van der Waals surface area contributed by atoms with Crippen molar-refractivity contribution in [3.05, 3.63) is 154 Å². The van der Waals surface area contributed by atoms with Gasteiger partial charge in [0.1, 0.15) is 23.0 Å². The molecule has 246 valence electrons. The molecule has 0 bridgehead atoms. The SMILES string of the molecule is CC(C)(c1ccc(Oc2ccc3c(c2)C(=O)OC3=O)cc1)c1ccc(Oc2ccc3c(c2)C(=O)OC3=O)cc1.O=C1CC(=O)c2ccccc21. The third-order valence-electron chi connectivity index (χ3n) is 8.70. The second-order valence-corrected chi connectivity index (χ2v) is 12.2. The van der Waals surface area contributed by atoms with Gasteiger partial charge in [0.25, 0.3) is 0 Å². The Kier molecular flexibility index (Phi) is 7.91. The van der Waals surface area contributed by atoms with Crippen LogP contribution < -0.4 is 9.47 Å². The van der Waals surface area contributed by atoms with Crippen molar-refractivity contribution < 1.29 is 47.7 Å². The molecule has 50 heavy (non-hydrogen) atoms. The van der Waals surface area contributed by atoms with Crippen LogP contribution in [0.2, 0.25) is 0 Å². The summed E-state index contributed by atoms with van der Waals surface area (Å²) in [7, 11) is 0. The molecule has 3 aliphatic rings. The van der Waals surface area contributed by atoms with Crippen molar-refractivity contribution in [2.45, 2.75) is 25.7 Å². The minimum Gasteiger partial charge on any atom is -0.457 e. The van der Waals surface area contributed by atoms with Gasteiger partial charge >= 0.3 is 23.9 Å². The average Bonchev–Trinajstić information content (AvgIpc) is 3.68. The first-order chi connectivity index (χ1) is 24.0. The molecular formula is C40H26O10. The third kappa shape index (κ3) is 5.94. The van der Waals surface area contributed by atoms with Crippen molar-refractivity contribution in [2.75, 3.05) is 0 Å². The lowest BCUT2D eigenvalue weighted by molar-refractivity contribution is 0.0425. The monoisotopic (exact) mass is 666 g/mol. The molecule has 5 aromatic carbocycles. The van der Waals surface area contributed by atoms with Crippen LogP contribution in [0.4, 0.5) is 0 Å². The van der Waals surface area contributed by atoms with Crippen molar-refractivity contribution >= 4 is 35.4 Å². The summed E-state index contributed by atoms with van der Waals surface area (Å²) in [6.07, 6.45) is 0.0549. The van der Waals surface area contributed by atoms with E-state index in [2.05, 4.69) is 23.3 Å². The zero-order chi connectivity index (χ0) is 35.2. The fourth-order valence-electron chi connectivity index (χ4n) is 5.88. The van der Waals surface area contributed by atoms with Crippen molar-refractivity contribution in [1.82, 2.24) is 0 Å². The molecule has 5 aromatic rings. The number of hydrogen-bond donors (Lipinski definition) is 0. The van der Waals surface area contributed by atoms with E-state index >= 15 is 0 Å². The first-order valence-electron chi connectivity index (χ1n) is 15.5. The van der Waals surface area contributed by atoms with Crippen molar-refractivity contribution in [2.24, 2.45) is 0 Å². The Bertz CT molecular complexity index is 2110. The maximum atomic E-state index is 11.8. The summed E-state index contributed by atoms with van der Waals surface area (Å²) >= 11 is 0. The fraction of sp³-hybridized carbons (Fsp3) is 0.100. The summed E-state index contributed by atoms with van der Waals surface area (Å²) in [4.78, 5) is 69.0. The average molecular weight is 667 g/mol. The summed E-state index contributed by atoms with van der Waals surface area (Å²) in [5.74, 6) is -0.752. The number of hydrogen-bond acceptors (Lipinski definition) is 10. The van der Waals surface area contributed by atoms with E-state index in [0.29, 0.717) is 34.1 Å². The Morgan fingerprint density at radius 2 is 0.800 bits per heavy atom. The summed E-state index contributed by atoms with van der Waals surface area (Å²) < 4.78 is 21.0. The zero-order valence-electron chi connectivity index (χ0n) is 26.7. The topological polar surface area (TPSA) is 139 Å². The lowest BCUT2D eigenvalue weighted by atomic mass is 9.78. The lowest BCUT2D eigenvalue weighted by Crippen LogP contribution is -2.18. The fourth-order valence-corrected chi connectivity index (χ4v) is 5.88. The summed E-state index contributed by atoms with van der Waals surface area (Å²) in [5.41, 5.74) is 3.76. The smallest absolute Gasteiger partial charge is 0.347 e. The molecule has 10 heteroatoms. The molecule has 0 atom stereocenters. The summed E-state index contributed by atoms with van der Waals surface area (Å²) in [6, 6.07) is 31.4. The predicted molar refractivity (Wildman–Crippen MR) is 177 cm³/mol. The van der Waals surface area contributed by atoms with Crippen LogP contribution >= 0.6 is 0 Å².